The lowest BCUT2D eigenvalue weighted by molar-refractivity contribution is -0.668. The molecule has 2 atom stereocenters. The Morgan fingerprint density at radius 1 is 1.07 bits per heavy atom. The molecule has 1 N–H and O–H groups in total. The van der Waals surface area contributed by atoms with Crippen LogP contribution < -0.4 is 10.2 Å². The molecule has 1 fully saturated rings. The van der Waals surface area contributed by atoms with E-state index in [9.17, 15) is 23.6 Å². The zero-order valence-corrected chi connectivity index (χ0v) is 17.4. The molecule has 0 spiro atoms. The highest BCUT2D eigenvalue weighted by Gasteiger charge is 2.54. The lowest BCUT2D eigenvalue weighted by Gasteiger charge is -2.29. The van der Waals surface area contributed by atoms with Crippen LogP contribution in [0.4, 0.5) is 25.0 Å². The number of aliphatic imine (C=N–C) groups is 1. The van der Waals surface area contributed by atoms with Gasteiger partial charge in [-0.25, -0.2) is 18.2 Å². The highest BCUT2D eigenvalue weighted by atomic mass is 35.6. The van der Waals surface area contributed by atoms with Gasteiger partial charge in [0, 0.05) is 0 Å². The molecule has 30 heavy (non-hydrogen) atoms. The number of hydroxylamine groups is 3. The highest BCUT2D eigenvalue weighted by Crippen LogP contribution is 2.35. The lowest BCUT2D eigenvalue weighted by atomic mass is 10.3. The number of halogens is 5. The third-order valence-electron chi connectivity index (χ3n) is 4.18. The standard InChI is InChI=1S/C18H13Cl3F2N4O3/c1-27(30)14(15(28)26(17(27)29)13-9-5-3-7-11(13)23)25-16(18(19,20)21)24-12-8-4-2-6-10(12)22/h2-9,16,24H,1H3. The molecule has 2 aromatic carbocycles. The maximum Gasteiger partial charge on any atom is 0.437 e. The second kappa shape index (κ2) is 8.09. The minimum absolute atomic E-state index is 0.124. The predicted octanol–water partition coefficient (Wildman–Crippen LogP) is 4.58. The van der Waals surface area contributed by atoms with Crippen LogP contribution in [0.5, 0.6) is 0 Å². The molecule has 0 saturated carbocycles. The van der Waals surface area contributed by atoms with Crippen molar-refractivity contribution in [3.05, 3.63) is 65.4 Å². The molecule has 0 aromatic heterocycles. The minimum Gasteiger partial charge on any atom is -0.617 e. The van der Waals surface area contributed by atoms with Gasteiger partial charge in [-0.05, 0) is 24.3 Å². The highest BCUT2D eigenvalue weighted by molar-refractivity contribution is 6.68. The zero-order valence-electron chi connectivity index (χ0n) is 15.2. The number of hydrogen-bond donors (Lipinski definition) is 1. The number of amidine groups is 1. The minimum atomic E-state index is -2.25. The first-order valence-corrected chi connectivity index (χ1v) is 9.45. The first kappa shape index (κ1) is 22.4. The van der Waals surface area contributed by atoms with Crippen molar-refractivity contribution >= 4 is 64.0 Å². The third kappa shape index (κ3) is 4.12. The van der Waals surface area contributed by atoms with Crippen molar-refractivity contribution in [2.24, 2.45) is 4.99 Å². The van der Waals surface area contributed by atoms with Crippen LogP contribution in [0.25, 0.3) is 0 Å². The quantitative estimate of drug-likeness (QED) is 0.302. The molecular weight excluding hydrogens is 465 g/mol. The monoisotopic (exact) mass is 476 g/mol. The van der Waals surface area contributed by atoms with Gasteiger partial charge in [-0.3, -0.25) is 4.79 Å². The van der Waals surface area contributed by atoms with E-state index in [2.05, 4.69) is 10.3 Å². The second-order valence-corrected chi connectivity index (χ2v) is 8.69. The molecule has 1 saturated heterocycles. The zero-order chi connectivity index (χ0) is 22.3. The number of rotatable bonds is 4. The Morgan fingerprint density at radius 2 is 1.63 bits per heavy atom. The van der Waals surface area contributed by atoms with Gasteiger partial charge in [-0.2, -0.15) is 9.89 Å². The molecular formula is C18H13Cl3F2N4O3. The number of nitrogens with zero attached hydrogens (tertiary/aromatic N) is 3. The SMILES string of the molecule is C[N+]1([O-])C(=O)N(c2ccccc2F)C(=O)C1=NC(Nc1ccccc1F)C(Cl)(Cl)Cl. The summed E-state index contributed by atoms with van der Waals surface area (Å²) in [4.78, 5) is 29.6. The van der Waals surface area contributed by atoms with Crippen molar-refractivity contribution in [2.45, 2.75) is 9.96 Å². The Bertz CT molecular complexity index is 1040. The summed E-state index contributed by atoms with van der Waals surface area (Å²) in [5.41, 5.74) is -0.550. The van der Waals surface area contributed by atoms with Crippen molar-refractivity contribution in [1.82, 2.24) is 0 Å². The molecule has 7 nitrogen and oxygen atoms in total. The van der Waals surface area contributed by atoms with Crippen molar-refractivity contribution in [3.63, 3.8) is 0 Å². The van der Waals surface area contributed by atoms with Crippen molar-refractivity contribution in [1.29, 1.82) is 0 Å². The fourth-order valence-electron chi connectivity index (χ4n) is 2.70. The topological polar surface area (TPSA) is 84.8 Å². The summed E-state index contributed by atoms with van der Waals surface area (Å²) in [6, 6.07) is 8.95. The smallest absolute Gasteiger partial charge is 0.437 e. The normalized spacial score (nSPS) is 22.0. The summed E-state index contributed by atoms with van der Waals surface area (Å²) < 4.78 is 24.0. The van der Waals surface area contributed by atoms with E-state index in [1.807, 2.05) is 0 Å². The number of benzene rings is 2. The first-order chi connectivity index (χ1) is 13.9. The molecule has 1 aliphatic heterocycles. The number of carbonyl (C=O) groups is 2. The van der Waals surface area contributed by atoms with E-state index in [1.54, 1.807) is 0 Å². The fraction of sp³-hybridized carbons (Fsp3) is 0.167. The Balaban J connectivity index is 2.06. The van der Waals surface area contributed by atoms with Crippen molar-refractivity contribution in [2.75, 3.05) is 17.3 Å². The molecule has 2 aromatic rings. The van der Waals surface area contributed by atoms with Crippen LogP contribution in [-0.4, -0.2) is 39.4 Å². The molecule has 3 rings (SSSR count). The number of carbonyl (C=O) groups excluding carboxylic acids is 2. The van der Waals surface area contributed by atoms with E-state index in [4.69, 9.17) is 34.8 Å². The molecule has 0 aliphatic carbocycles. The second-order valence-electron chi connectivity index (χ2n) is 6.32. The van der Waals surface area contributed by atoms with Crippen molar-refractivity contribution in [3.8, 4) is 0 Å². The third-order valence-corrected chi connectivity index (χ3v) is 4.80. The number of hydrogen-bond acceptors (Lipinski definition) is 5. The van der Waals surface area contributed by atoms with Gasteiger partial charge in [-0.15, -0.1) is 0 Å². The van der Waals surface area contributed by atoms with Gasteiger partial charge in [0.1, 0.15) is 11.6 Å². The van der Waals surface area contributed by atoms with Crippen LogP contribution in [-0.2, 0) is 4.79 Å². The molecule has 3 amide bonds. The summed E-state index contributed by atoms with van der Waals surface area (Å²) in [7, 11) is 0.832. The Morgan fingerprint density at radius 3 is 2.20 bits per heavy atom. The summed E-state index contributed by atoms with van der Waals surface area (Å²) in [6.45, 7) is 0. The number of imide groups is 1. The number of amides is 3. The van der Waals surface area contributed by atoms with E-state index >= 15 is 0 Å². The summed E-state index contributed by atoms with van der Waals surface area (Å²) in [5.74, 6) is -3.68. The molecule has 1 heterocycles. The van der Waals surface area contributed by atoms with Crippen LogP contribution in [0, 0.1) is 16.8 Å². The lowest BCUT2D eigenvalue weighted by Crippen LogP contribution is -2.46. The van der Waals surface area contributed by atoms with Crippen LogP contribution in [0.15, 0.2) is 53.5 Å². The van der Waals surface area contributed by atoms with Crippen LogP contribution in [0.2, 0.25) is 0 Å². The number of anilines is 2. The number of urea groups is 1. The summed E-state index contributed by atoms with van der Waals surface area (Å²) in [6.07, 6.45) is -1.63. The van der Waals surface area contributed by atoms with Crippen LogP contribution >= 0.6 is 34.8 Å². The Labute approximate surface area is 184 Å². The van der Waals surface area contributed by atoms with Crippen LogP contribution in [0.1, 0.15) is 0 Å². The van der Waals surface area contributed by atoms with E-state index in [-0.39, 0.29) is 5.69 Å². The van der Waals surface area contributed by atoms with Gasteiger partial charge in [0.15, 0.2) is 6.17 Å². The Kier molecular flexibility index (Phi) is 6.03. The summed E-state index contributed by atoms with van der Waals surface area (Å²) >= 11 is 17.7. The van der Waals surface area contributed by atoms with E-state index in [1.165, 1.54) is 30.3 Å². The van der Waals surface area contributed by atoms with Crippen LogP contribution in [0.3, 0.4) is 0 Å². The molecule has 158 valence electrons. The molecule has 1 aliphatic rings. The fourth-order valence-corrected chi connectivity index (χ4v) is 3.01. The number of para-hydroxylation sites is 2. The van der Waals surface area contributed by atoms with Gasteiger partial charge in [-0.1, -0.05) is 59.1 Å². The maximum atomic E-state index is 14.1. The average molecular weight is 478 g/mol. The molecule has 12 heteroatoms. The number of alkyl halides is 3. The van der Waals surface area contributed by atoms with Gasteiger partial charge >= 0.3 is 17.8 Å². The molecule has 2 unspecified atom stereocenters. The van der Waals surface area contributed by atoms with Gasteiger partial charge in [0.2, 0.25) is 3.79 Å². The predicted molar refractivity (Wildman–Crippen MR) is 110 cm³/mol. The largest absolute Gasteiger partial charge is 0.617 e. The number of nitrogens with one attached hydrogen (secondary N) is 1. The van der Waals surface area contributed by atoms with E-state index in [0.29, 0.717) is 4.90 Å². The van der Waals surface area contributed by atoms with E-state index < -0.39 is 49.7 Å². The number of quaternary nitrogens is 1. The van der Waals surface area contributed by atoms with Crippen molar-refractivity contribution < 1.29 is 23.0 Å². The maximum absolute atomic E-state index is 14.1. The first-order valence-electron chi connectivity index (χ1n) is 8.31. The number of likely N-dealkylation sites (N-methyl/N-ethyl adjacent to an activating group) is 1. The molecule has 0 bridgehead atoms. The summed E-state index contributed by atoms with van der Waals surface area (Å²) in [5, 5.41) is 15.4. The van der Waals surface area contributed by atoms with Gasteiger partial charge in [0.05, 0.1) is 18.4 Å². The van der Waals surface area contributed by atoms with Gasteiger partial charge in [0.25, 0.3) is 0 Å². The van der Waals surface area contributed by atoms with E-state index in [0.717, 1.165) is 25.2 Å². The van der Waals surface area contributed by atoms with Gasteiger partial charge < -0.3 is 10.5 Å². The Hall–Kier alpha value is -2.30. The average Bonchev–Trinajstić information content (AvgIpc) is 2.82. The molecule has 0 radical (unpaired) electrons.